The van der Waals surface area contributed by atoms with Crippen LogP contribution in [0.25, 0.3) is 0 Å². The van der Waals surface area contributed by atoms with Crippen molar-refractivity contribution in [2.75, 3.05) is 31.6 Å². The second-order valence-electron chi connectivity index (χ2n) is 6.48. The Morgan fingerprint density at radius 1 is 1.04 bits per heavy atom. The van der Waals surface area contributed by atoms with Crippen LogP contribution in [0.1, 0.15) is 18.4 Å². The van der Waals surface area contributed by atoms with Crippen LogP contribution in [0.3, 0.4) is 0 Å². The van der Waals surface area contributed by atoms with E-state index in [1.807, 2.05) is 31.2 Å². The number of carbonyl (C=O) groups is 2. The summed E-state index contributed by atoms with van der Waals surface area (Å²) < 4.78 is 11.0. The van der Waals surface area contributed by atoms with E-state index in [-0.39, 0.29) is 24.7 Å². The fraction of sp³-hybridized carbons (Fsp3) is 0.333. The molecular weight excluding hydrogens is 344 g/mol. The van der Waals surface area contributed by atoms with Gasteiger partial charge in [-0.2, -0.15) is 0 Å². The number of anilines is 1. The smallest absolute Gasteiger partial charge is 0.224 e. The average molecular weight is 368 g/mol. The molecule has 0 aliphatic carbocycles. The van der Waals surface area contributed by atoms with Crippen LogP contribution in [-0.4, -0.2) is 43.0 Å². The maximum atomic E-state index is 12.1. The van der Waals surface area contributed by atoms with Gasteiger partial charge < -0.3 is 19.7 Å². The molecule has 27 heavy (non-hydrogen) atoms. The molecule has 0 aromatic heterocycles. The maximum Gasteiger partial charge on any atom is 0.224 e. The minimum absolute atomic E-state index is 0.00430. The zero-order chi connectivity index (χ0) is 19.1. The van der Waals surface area contributed by atoms with Gasteiger partial charge in [0.15, 0.2) is 0 Å². The zero-order valence-corrected chi connectivity index (χ0v) is 15.4. The summed E-state index contributed by atoms with van der Waals surface area (Å²) in [6.07, 6.45) is 0.373. The Hall–Kier alpha value is -2.86. The van der Waals surface area contributed by atoms with Gasteiger partial charge in [0.05, 0.1) is 13.2 Å². The fourth-order valence-corrected chi connectivity index (χ4v) is 2.84. The third-order valence-electron chi connectivity index (χ3n) is 4.29. The average Bonchev–Trinajstić information content (AvgIpc) is 2.68. The molecule has 6 nitrogen and oxygen atoms in total. The molecule has 2 amide bonds. The molecular formula is C21H24N2O4. The quantitative estimate of drug-likeness (QED) is 0.849. The summed E-state index contributed by atoms with van der Waals surface area (Å²) in [5.41, 5.74) is 1.80. The van der Waals surface area contributed by atoms with Crippen molar-refractivity contribution >= 4 is 17.5 Å². The standard InChI is InChI=1S/C21H24N2O4/c1-16-3-2-4-19(15-16)27-18-7-5-17(6-8-18)22-20(24)9-10-21(25)23-11-13-26-14-12-23/h2-8,15H,9-14H2,1H3,(H,22,24). The molecule has 2 aromatic carbocycles. The predicted octanol–water partition coefficient (Wildman–Crippen LogP) is 3.36. The summed E-state index contributed by atoms with van der Waals surface area (Å²) in [6.45, 7) is 4.34. The van der Waals surface area contributed by atoms with Crippen molar-refractivity contribution in [1.82, 2.24) is 4.90 Å². The summed E-state index contributed by atoms with van der Waals surface area (Å²) in [5, 5.41) is 2.81. The number of hydrogen-bond acceptors (Lipinski definition) is 4. The van der Waals surface area contributed by atoms with Gasteiger partial charge in [-0.3, -0.25) is 9.59 Å². The molecule has 2 aromatic rings. The molecule has 1 aliphatic heterocycles. The lowest BCUT2D eigenvalue weighted by atomic mass is 10.2. The minimum Gasteiger partial charge on any atom is -0.457 e. The molecule has 1 saturated heterocycles. The first-order valence-electron chi connectivity index (χ1n) is 9.10. The van der Waals surface area contributed by atoms with Gasteiger partial charge in [-0.1, -0.05) is 12.1 Å². The van der Waals surface area contributed by atoms with Crippen LogP contribution < -0.4 is 10.1 Å². The highest BCUT2D eigenvalue weighted by atomic mass is 16.5. The normalized spacial score (nSPS) is 13.9. The van der Waals surface area contributed by atoms with Gasteiger partial charge >= 0.3 is 0 Å². The number of aryl methyl sites for hydroxylation is 1. The lowest BCUT2D eigenvalue weighted by Crippen LogP contribution is -2.40. The van der Waals surface area contributed by atoms with Crippen LogP contribution in [0.4, 0.5) is 5.69 Å². The van der Waals surface area contributed by atoms with Gasteiger partial charge in [-0.15, -0.1) is 0 Å². The van der Waals surface area contributed by atoms with E-state index in [1.165, 1.54) is 0 Å². The molecule has 0 unspecified atom stereocenters. The van der Waals surface area contributed by atoms with Crippen LogP contribution in [-0.2, 0) is 14.3 Å². The molecule has 142 valence electrons. The zero-order valence-electron chi connectivity index (χ0n) is 15.4. The molecule has 6 heteroatoms. The number of nitrogens with zero attached hydrogens (tertiary/aromatic N) is 1. The number of hydrogen-bond donors (Lipinski definition) is 1. The van der Waals surface area contributed by atoms with Gasteiger partial charge in [0.2, 0.25) is 11.8 Å². The van der Waals surface area contributed by atoms with Gasteiger partial charge in [-0.05, 0) is 48.9 Å². The number of carbonyl (C=O) groups excluding carboxylic acids is 2. The Balaban J connectivity index is 1.46. The highest BCUT2D eigenvalue weighted by Gasteiger charge is 2.17. The van der Waals surface area contributed by atoms with Crippen LogP contribution in [0.2, 0.25) is 0 Å². The van der Waals surface area contributed by atoms with E-state index in [1.54, 1.807) is 29.2 Å². The summed E-state index contributed by atoms with van der Waals surface area (Å²) in [7, 11) is 0. The van der Waals surface area contributed by atoms with E-state index in [2.05, 4.69) is 5.32 Å². The first-order chi connectivity index (χ1) is 13.1. The van der Waals surface area contributed by atoms with Crippen molar-refractivity contribution < 1.29 is 19.1 Å². The molecule has 0 spiro atoms. The molecule has 1 aliphatic rings. The van der Waals surface area contributed by atoms with Gasteiger partial charge in [0.1, 0.15) is 11.5 Å². The summed E-state index contributed by atoms with van der Waals surface area (Å²) in [5.74, 6) is 1.29. The second-order valence-corrected chi connectivity index (χ2v) is 6.48. The number of rotatable bonds is 6. The molecule has 0 bridgehead atoms. The topological polar surface area (TPSA) is 67.9 Å². The SMILES string of the molecule is Cc1cccc(Oc2ccc(NC(=O)CCC(=O)N3CCOCC3)cc2)c1. The van der Waals surface area contributed by atoms with Crippen molar-refractivity contribution in [3.63, 3.8) is 0 Å². The van der Waals surface area contributed by atoms with E-state index in [0.717, 1.165) is 11.3 Å². The Labute approximate surface area is 159 Å². The van der Waals surface area contributed by atoms with Crippen LogP contribution in [0.15, 0.2) is 48.5 Å². The van der Waals surface area contributed by atoms with Crippen LogP contribution in [0.5, 0.6) is 11.5 Å². The van der Waals surface area contributed by atoms with E-state index < -0.39 is 0 Å². The van der Waals surface area contributed by atoms with Crippen LogP contribution >= 0.6 is 0 Å². The van der Waals surface area contributed by atoms with Crippen molar-refractivity contribution in [2.45, 2.75) is 19.8 Å². The third kappa shape index (κ3) is 5.82. The molecule has 0 atom stereocenters. The number of benzene rings is 2. The number of ether oxygens (including phenoxy) is 2. The monoisotopic (exact) mass is 368 g/mol. The molecule has 3 rings (SSSR count). The number of amides is 2. The van der Waals surface area contributed by atoms with Crippen molar-refractivity contribution in [2.24, 2.45) is 0 Å². The molecule has 1 fully saturated rings. The lowest BCUT2D eigenvalue weighted by Gasteiger charge is -2.26. The second kappa shape index (κ2) is 9.19. The van der Waals surface area contributed by atoms with Gasteiger partial charge in [0, 0.05) is 31.6 Å². The molecule has 1 N–H and O–H groups in total. The first-order valence-corrected chi connectivity index (χ1v) is 9.10. The minimum atomic E-state index is -0.177. The number of nitrogens with one attached hydrogen (secondary N) is 1. The van der Waals surface area contributed by atoms with E-state index in [4.69, 9.17) is 9.47 Å². The Morgan fingerprint density at radius 3 is 2.48 bits per heavy atom. The third-order valence-corrected chi connectivity index (χ3v) is 4.29. The maximum absolute atomic E-state index is 12.1. The van der Waals surface area contributed by atoms with Crippen LogP contribution in [0, 0.1) is 6.92 Å². The molecule has 1 heterocycles. The van der Waals surface area contributed by atoms with E-state index >= 15 is 0 Å². The first kappa shape index (κ1) is 18.9. The highest BCUT2D eigenvalue weighted by molar-refractivity contribution is 5.93. The predicted molar refractivity (Wildman–Crippen MR) is 103 cm³/mol. The largest absolute Gasteiger partial charge is 0.457 e. The van der Waals surface area contributed by atoms with Gasteiger partial charge in [0.25, 0.3) is 0 Å². The summed E-state index contributed by atoms with van der Waals surface area (Å²) in [4.78, 5) is 25.9. The van der Waals surface area contributed by atoms with E-state index in [9.17, 15) is 9.59 Å². The van der Waals surface area contributed by atoms with Crippen molar-refractivity contribution in [3.8, 4) is 11.5 Å². The van der Waals surface area contributed by atoms with Gasteiger partial charge in [-0.25, -0.2) is 0 Å². The number of morpholine rings is 1. The Bertz CT molecular complexity index is 783. The Kier molecular flexibility index (Phi) is 6.44. The van der Waals surface area contributed by atoms with E-state index in [0.29, 0.717) is 37.7 Å². The Morgan fingerprint density at radius 2 is 1.78 bits per heavy atom. The van der Waals surface area contributed by atoms with Crippen molar-refractivity contribution in [1.29, 1.82) is 0 Å². The molecule has 0 radical (unpaired) electrons. The lowest BCUT2D eigenvalue weighted by molar-refractivity contribution is -0.136. The highest BCUT2D eigenvalue weighted by Crippen LogP contribution is 2.23. The fourth-order valence-electron chi connectivity index (χ4n) is 2.84. The summed E-state index contributed by atoms with van der Waals surface area (Å²) >= 11 is 0. The summed E-state index contributed by atoms with van der Waals surface area (Å²) in [6, 6.07) is 15.0. The molecule has 0 saturated carbocycles. The van der Waals surface area contributed by atoms with Crippen molar-refractivity contribution in [3.05, 3.63) is 54.1 Å².